The van der Waals surface area contributed by atoms with Gasteiger partial charge in [0.15, 0.2) is 15.0 Å². The molecule has 1 saturated heterocycles. The van der Waals surface area contributed by atoms with E-state index in [9.17, 15) is 13.2 Å². The lowest BCUT2D eigenvalue weighted by Gasteiger charge is -2.29. The number of nitrogens with zero attached hydrogens (tertiary/aromatic N) is 5. The molecule has 4 rings (SSSR count). The molecule has 0 radical (unpaired) electrons. The van der Waals surface area contributed by atoms with Gasteiger partial charge in [-0.15, -0.1) is 0 Å². The summed E-state index contributed by atoms with van der Waals surface area (Å²) in [5, 5.41) is 0.376. The van der Waals surface area contributed by atoms with Gasteiger partial charge in [-0.1, -0.05) is 17.4 Å². The van der Waals surface area contributed by atoms with Gasteiger partial charge in [0, 0.05) is 38.5 Å². The van der Waals surface area contributed by atoms with Crippen LogP contribution in [-0.4, -0.2) is 94.0 Å². The lowest BCUT2D eigenvalue weighted by atomic mass is 10.3. The van der Waals surface area contributed by atoms with Gasteiger partial charge >= 0.3 is 6.01 Å². The Morgan fingerprint density at radius 2 is 1.94 bits per heavy atom. The van der Waals surface area contributed by atoms with Gasteiger partial charge in [0.05, 0.1) is 37.0 Å². The van der Waals surface area contributed by atoms with Crippen molar-refractivity contribution < 1.29 is 27.4 Å². The first-order chi connectivity index (χ1) is 16.3. The van der Waals surface area contributed by atoms with Gasteiger partial charge in [-0.05, 0) is 12.1 Å². The molecule has 3 aromatic rings. The first kappa shape index (κ1) is 24.3. The lowest BCUT2D eigenvalue weighted by molar-refractivity contribution is 0.0391. The van der Waals surface area contributed by atoms with Crippen molar-refractivity contribution in [2.75, 3.05) is 64.8 Å². The summed E-state index contributed by atoms with van der Waals surface area (Å²) in [6, 6.07) is 6.40. The Balaban J connectivity index is 1.74. The van der Waals surface area contributed by atoms with E-state index in [2.05, 4.69) is 19.9 Å². The number of sulfone groups is 1. The van der Waals surface area contributed by atoms with Crippen LogP contribution < -0.4 is 14.4 Å². The minimum atomic E-state index is -3.50. The molecule has 1 fully saturated rings. The van der Waals surface area contributed by atoms with Gasteiger partial charge in [-0.25, -0.2) is 13.4 Å². The van der Waals surface area contributed by atoms with E-state index in [1.54, 1.807) is 12.1 Å². The number of para-hydroxylation sites is 1. The molecule has 182 valence electrons. The number of ether oxygens (including phenoxy) is 3. The average Bonchev–Trinajstić information content (AvgIpc) is 3.27. The maximum atomic E-state index is 13.6. The number of amides is 1. The SMILES string of the molecule is COc1cc(C(=O)N(CCN2CCOCC2)c2nc3c(S(C)(=O)=O)cccc3s2)nc(OC)n1. The number of carbonyl (C=O) groups excluding carboxylic acids is 1. The van der Waals surface area contributed by atoms with E-state index in [4.69, 9.17) is 14.2 Å². The number of hydrogen-bond donors (Lipinski definition) is 0. The van der Waals surface area contributed by atoms with Crippen LogP contribution in [0.5, 0.6) is 11.9 Å². The molecule has 2 aromatic heterocycles. The Labute approximate surface area is 201 Å². The Morgan fingerprint density at radius 1 is 1.18 bits per heavy atom. The number of benzene rings is 1. The minimum Gasteiger partial charge on any atom is -0.481 e. The number of anilines is 1. The highest BCUT2D eigenvalue weighted by atomic mass is 32.2. The van der Waals surface area contributed by atoms with E-state index in [0.717, 1.165) is 19.3 Å². The third-order valence-corrected chi connectivity index (χ3v) is 7.45. The zero-order valence-electron chi connectivity index (χ0n) is 19.1. The van der Waals surface area contributed by atoms with E-state index in [0.29, 0.717) is 41.7 Å². The third-order valence-electron chi connectivity index (χ3n) is 5.28. The molecule has 0 aliphatic carbocycles. The van der Waals surface area contributed by atoms with Gasteiger partial charge in [0.2, 0.25) is 5.88 Å². The minimum absolute atomic E-state index is 0.000471. The van der Waals surface area contributed by atoms with Crippen LogP contribution in [0.2, 0.25) is 0 Å². The van der Waals surface area contributed by atoms with Crippen LogP contribution in [0.1, 0.15) is 10.5 Å². The molecular weight excluding hydrogens is 482 g/mol. The highest BCUT2D eigenvalue weighted by Gasteiger charge is 2.26. The molecule has 1 aromatic carbocycles. The predicted octanol–water partition coefficient (Wildman–Crippen LogP) is 1.49. The largest absolute Gasteiger partial charge is 0.481 e. The molecule has 0 unspecified atom stereocenters. The van der Waals surface area contributed by atoms with Gasteiger partial charge in [-0.3, -0.25) is 14.6 Å². The number of rotatable bonds is 8. The Bertz CT molecular complexity index is 1270. The molecule has 0 spiro atoms. The molecule has 1 amide bonds. The Hall–Kier alpha value is -2.87. The summed E-state index contributed by atoms with van der Waals surface area (Å²) in [6.45, 7) is 3.69. The van der Waals surface area contributed by atoms with Crippen LogP contribution in [0.3, 0.4) is 0 Å². The number of methoxy groups -OCH3 is 2. The molecule has 0 bridgehead atoms. The summed E-state index contributed by atoms with van der Waals surface area (Å²) in [4.78, 5) is 30.3. The molecule has 0 saturated carbocycles. The number of aromatic nitrogens is 3. The first-order valence-corrected chi connectivity index (χ1v) is 13.2. The maximum absolute atomic E-state index is 13.6. The molecule has 11 nitrogen and oxygen atoms in total. The third kappa shape index (κ3) is 5.27. The van der Waals surface area contributed by atoms with Crippen LogP contribution in [0.25, 0.3) is 10.2 Å². The predicted molar refractivity (Wildman–Crippen MR) is 127 cm³/mol. The van der Waals surface area contributed by atoms with Crippen molar-refractivity contribution in [3.8, 4) is 11.9 Å². The van der Waals surface area contributed by atoms with Gasteiger partial charge in [0.25, 0.3) is 5.91 Å². The lowest BCUT2D eigenvalue weighted by Crippen LogP contribution is -2.43. The van der Waals surface area contributed by atoms with E-state index in [1.165, 1.54) is 42.6 Å². The smallest absolute Gasteiger partial charge is 0.320 e. The first-order valence-electron chi connectivity index (χ1n) is 10.5. The van der Waals surface area contributed by atoms with E-state index >= 15 is 0 Å². The Kier molecular flexibility index (Phi) is 7.26. The number of morpholine rings is 1. The summed E-state index contributed by atoms with van der Waals surface area (Å²) < 4.78 is 40.9. The summed E-state index contributed by atoms with van der Waals surface area (Å²) >= 11 is 1.25. The van der Waals surface area contributed by atoms with Crippen LogP contribution in [-0.2, 0) is 14.6 Å². The standard InChI is InChI=1S/C21H25N5O6S2/c1-30-17-13-14(22-20(23-17)31-2)19(27)26(8-7-25-9-11-32-12-10-25)21-24-18-15(33-21)5-4-6-16(18)34(3,28)29/h4-6,13H,7-12H2,1-3H3. The van der Waals surface area contributed by atoms with Crippen molar-refractivity contribution in [1.29, 1.82) is 0 Å². The van der Waals surface area contributed by atoms with Crippen molar-refractivity contribution in [1.82, 2.24) is 19.9 Å². The van der Waals surface area contributed by atoms with Crippen molar-refractivity contribution in [2.24, 2.45) is 0 Å². The summed E-state index contributed by atoms with van der Waals surface area (Å²) in [7, 11) is -0.657. The normalized spacial score (nSPS) is 14.8. The molecule has 1 aliphatic rings. The number of thiazole rings is 1. The number of fused-ring (bicyclic) bond motifs is 1. The fraction of sp³-hybridized carbons (Fsp3) is 0.429. The fourth-order valence-corrected chi connectivity index (χ4v) is 5.44. The summed E-state index contributed by atoms with van der Waals surface area (Å²) in [5.74, 6) is -0.237. The molecule has 0 atom stereocenters. The van der Waals surface area contributed by atoms with Gasteiger partial charge < -0.3 is 14.2 Å². The fourth-order valence-electron chi connectivity index (χ4n) is 3.52. The van der Waals surface area contributed by atoms with Crippen LogP contribution in [0, 0.1) is 0 Å². The zero-order valence-corrected chi connectivity index (χ0v) is 20.7. The van der Waals surface area contributed by atoms with Crippen molar-refractivity contribution in [3.63, 3.8) is 0 Å². The molecule has 1 aliphatic heterocycles. The van der Waals surface area contributed by atoms with Crippen molar-refractivity contribution in [3.05, 3.63) is 30.0 Å². The van der Waals surface area contributed by atoms with E-state index < -0.39 is 15.7 Å². The summed E-state index contributed by atoms with van der Waals surface area (Å²) in [5.41, 5.74) is 0.417. The van der Waals surface area contributed by atoms with Crippen LogP contribution >= 0.6 is 11.3 Å². The zero-order chi connectivity index (χ0) is 24.3. The second-order valence-electron chi connectivity index (χ2n) is 7.56. The van der Waals surface area contributed by atoms with Crippen LogP contribution in [0.4, 0.5) is 5.13 Å². The Morgan fingerprint density at radius 3 is 2.62 bits per heavy atom. The quantitative estimate of drug-likeness (QED) is 0.443. The highest BCUT2D eigenvalue weighted by molar-refractivity contribution is 7.91. The average molecular weight is 508 g/mol. The highest BCUT2D eigenvalue weighted by Crippen LogP contribution is 2.33. The molecular formula is C21H25N5O6S2. The van der Waals surface area contributed by atoms with Crippen LogP contribution in [0.15, 0.2) is 29.2 Å². The van der Waals surface area contributed by atoms with E-state index in [-0.39, 0.29) is 22.5 Å². The monoisotopic (exact) mass is 507 g/mol. The molecule has 0 N–H and O–H groups in total. The molecule has 3 heterocycles. The maximum Gasteiger partial charge on any atom is 0.320 e. The van der Waals surface area contributed by atoms with Crippen molar-refractivity contribution >= 4 is 42.4 Å². The molecule has 13 heteroatoms. The second-order valence-corrected chi connectivity index (χ2v) is 10.6. The topological polar surface area (TPSA) is 124 Å². The number of carbonyl (C=O) groups is 1. The van der Waals surface area contributed by atoms with Crippen molar-refractivity contribution in [2.45, 2.75) is 4.90 Å². The van der Waals surface area contributed by atoms with Gasteiger partial charge in [0.1, 0.15) is 11.2 Å². The van der Waals surface area contributed by atoms with Gasteiger partial charge in [-0.2, -0.15) is 9.97 Å². The van der Waals surface area contributed by atoms with E-state index in [1.807, 2.05) is 0 Å². The molecule has 34 heavy (non-hydrogen) atoms. The number of hydrogen-bond acceptors (Lipinski definition) is 11. The summed E-state index contributed by atoms with van der Waals surface area (Å²) in [6.07, 6.45) is 1.14. The second kappa shape index (κ2) is 10.2.